The van der Waals surface area contributed by atoms with Crippen LogP contribution in [0.4, 0.5) is 0 Å². The molecule has 2 aromatic carbocycles. The molecule has 1 atom stereocenters. The van der Waals surface area contributed by atoms with Crippen molar-refractivity contribution in [3.63, 3.8) is 0 Å². The van der Waals surface area contributed by atoms with Gasteiger partial charge in [0, 0.05) is 22.7 Å². The average Bonchev–Trinajstić information content (AvgIpc) is 2.45. The molecule has 110 valence electrons. The molecule has 0 aliphatic carbocycles. The molecular weight excluding hydrogens is 294 g/mol. The Kier molecular flexibility index (Phi) is 4.65. The van der Waals surface area contributed by atoms with Gasteiger partial charge in [-0.2, -0.15) is 0 Å². The van der Waals surface area contributed by atoms with E-state index in [1.165, 1.54) is 6.92 Å². The van der Waals surface area contributed by atoms with Crippen molar-refractivity contribution >= 4 is 34.2 Å². The third-order valence-electron chi connectivity index (χ3n) is 2.91. The maximum atomic E-state index is 11.1. The summed E-state index contributed by atoms with van der Waals surface area (Å²) >= 11 is 6.10. The number of ether oxygens (including phenoxy) is 1. The Balaban J connectivity index is 2.22. The fraction of sp³-hybridized carbons (Fsp3) is 0.200. The smallest absolute Gasteiger partial charge is 0.329 e. The molecule has 0 fully saturated rings. The molecule has 2 aromatic rings. The van der Waals surface area contributed by atoms with Gasteiger partial charge in [0.15, 0.2) is 6.04 Å². The van der Waals surface area contributed by atoms with Gasteiger partial charge < -0.3 is 15.2 Å². The largest absolute Gasteiger partial charge is 0.490 e. The SMILES string of the molecule is CC(=O)NC(COc1ccc(Cl)c2ccccc12)C(=O)O. The fourth-order valence-electron chi connectivity index (χ4n) is 1.95. The molecule has 0 aliphatic rings. The van der Waals surface area contributed by atoms with Crippen LogP contribution in [0.25, 0.3) is 10.8 Å². The monoisotopic (exact) mass is 307 g/mol. The number of hydrogen-bond acceptors (Lipinski definition) is 3. The Bertz CT molecular complexity index is 686. The number of nitrogens with one attached hydrogen (secondary N) is 1. The lowest BCUT2D eigenvalue weighted by Crippen LogP contribution is -2.43. The van der Waals surface area contributed by atoms with E-state index in [0.717, 1.165) is 10.8 Å². The van der Waals surface area contributed by atoms with Gasteiger partial charge in [-0.1, -0.05) is 35.9 Å². The van der Waals surface area contributed by atoms with Gasteiger partial charge in [0.2, 0.25) is 5.91 Å². The number of carboxylic acid groups (broad SMARTS) is 1. The van der Waals surface area contributed by atoms with Crippen LogP contribution in [0.3, 0.4) is 0 Å². The first-order valence-corrected chi connectivity index (χ1v) is 6.67. The highest BCUT2D eigenvalue weighted by atomic mass is 35.5. The summed E-state index contributed by atoms with van der Waals surface area (Å²) in [6, 6.07) is 9.66. The minimum Gasteiger partial charge on any atom is -0.490 e. The molecule has 0 spiro atoms. The molecule has 21 heavy (non-hydrogen) atoms. The highest BCUT2D eigenvalue weighted by Crippen LogP contribution is 2.31. The van der Waals surface area contributed by atoms with Crippen molar-refractivity contribution in [3.8, 4) is 5.75 Å². The summed E-state index contributed by atoms with van der Waals surface area (Å²) in [5.74, 6) is -1.05. The van der Waals surface area contributed by atoms with Gasteiger partial charge in [-0.25, -0.2) is 4.79 Å². The van der Waals surface area contributed by atoms with E-state index in [4.69, 9.17) is 21.4 Å². The number of aliphatic carboxylic acids is 1. The summed E-state index contributed by atoms with van der Waals surface area (Å²) in [6.45, 7) is 1.09. The van der Waals surface area contributed by atoms with Gasteiger partial charge >= 0.3 is 5.97 Å². The molecule has 1 unspecified atom stereocenters. The molecule has 2 rings (SSSR count). The van der Waals surface area contributed by atoms with Crippen molar-refractivity contribution in [3.05, 3.63) is 41.4 Å². The van der Waals surface area contributed by atoms with Crippen molar-refractivity contribution in [2.24, 2.45) is 0 Å². The highest BCUT2D eigenvalue weighted by Gasteiger charge is 2.19. The van der Waals surface area contributed by atoms with E-state index in [1.807, 2.05) is 24.3 Å². The van der Waals surface area contributed by atoms with E-state index in [1.54, 1.807) is 12.1 Å². The van der Waals surface area contributed by atoms with E-state index in [0.29, 0.717) is 10.8 Å². The molecule has 6 heteroatoms. The first-order chi connectivity index (χ1) is 9.99. The molecule has 0 radical (unpaired) electrons. The molecule has 1 amide bonds. The molecular formula is C15H14ClNO4. The minimum atomic E-state index is -1.15. The number of benzene rings is 2. The summed E-state index contributed by atoms with van der Waals surface area (Å²) < 4.78 is 5.54. The lowest BCUT2D eigenvalue weighted by molar-refractivity contribution is -0.142. The Morgan fingerprint density at radius 1 is 1.24 bits per heavy atom. The van der Waals surface area contributed by atoms with E-state index in [9.17, 15) is 9.59 Å². The van der Waals surface area contributed by atoms with E-state index in [-0.39, 0.29) is 6.61 Å². The number of carbonyl (C=O) groups excluding carboxylic acids is 1. The van der Waals surface area contributed by atoms with Gasteiger partial charge in [0.25, 0.3) is 0 Å². The number of carboxylic acids is 1. The average molecular weight is 308 g/mol. The van der Waals surface area contributed by atoms with Crippen LogP contribution < -0.4 is 10.1 Å². The number of halogens is 1. The normalized spacial score (nSPS) is 11.9. The zero-order chi connectivity index (χ0) is 15.4. The van der Waals surface area contributed by atoms with Crippen LogP contribution in [0.15, 0.2) is 36.4 Å². The van der Waals surface area contributed by atoms with Gasteiger partial charge in [0.1, 0.15) is 12.4 Å². The van der Waals surface area contributed by atoms with Gasteiger partial charge in [-0.05, 0) is 12.1 Å². The van der Waals surface area contributed by atoms with Gasteiger partial charge in [-0.15, -0.1) is 0 Å². The second kappa shape index (κ2) is 6.45. The fourth-order valence-corrected chi connectivity index (χ4v) is 2.18. The van der Waals surface area contributed by atoms with Crippen molar-refractivity contribution < 1.29 is 19.4 Å². The quantitative estimate of drug-likeness (QED) is 0.889. The van der Waals surface area contributed by atoms with Crippen LogP contribution in [0, 0.1) is 0 Å². The summed E-state index contributed by atoms with van der Waals surface area (Å²) in [5.41, 5.74) is 0. The number of hydrogen-bond donors (Lipinski definition) is 2. The summed E-state index contributed by atoms with van der Waals surface area (Å²) in [5, 5.41) is 13.6. The maximum absolute atomic E-state index is 11.1. The van der Waals surface area contributed by atoms with Crippen LogP contribution in [-0.2, 0) is 9.59 Å². The molecule has 0 saturated heterocycles. The first-order valence-electron chi connectivity index (χ1n) is 6.29. The lowest BCUT2D eigenvalue weighted by atomic mass is 10.1. The predicted molar refractivity (Wildman–Crippen MR) is 79.7 cm³/mol. The molecule has 2 N–H and O–H groups in total. The lowest BCUT2D eigenvalue weighted by Gasteiger charge is -2.15. The minimum absolute atomic E-state index is 0.166. The molecule has 0 aliphatic heterocycles. The van der Waals surface area contributed by atoms with Crippen molar-refractivity contribution in [1.29, 1.82) is 0 Å². The predicted octanol–water partition coefficient (Wildman–Crippen LogP) is 2.46. The Morgan fingerprint density at radius 3 is 2.52 bits per heavy atom. The third kappa shape index (κ3) is 3.64. The Labute approximate surface area is 126 Å². The maximum Gasteiger partial charge on any atom is 0.329 e. The van der Waals surface area contributed by atoms with Gasteiger partial charge in [0.05, 0.1) is 0 Å². The molecule has 0 aromatic heterocycles. The van der Waals surface area contributed by atoms with Crippen LogP contribution >= 0.6 is 11.6 Å². The molecule has 0 heterocycles. The summed E-state index contributed by atoms with van der Waals surface area (Å²) in [7, 11) is 0. The van der Waals surface area contributed by atoms with E-state index >= 15 is 0 Å². The van der Waals surface area contributed by atoms with Crippen molar-refractivity contribution in [1.82, 2.24) is 5.32 Å². The second-order valence-corrected chi connectivity index (χ2v) is 4.90. The van der Waals surface area contributed by atoms with Crippen LogP contribution in [0.2, 0.25) is 5.02 Å². The van der Waals surface area contributed by atoms with Crippen LogP contribution in [0.1, 0.15) is 6.92 Å². The van der Waals surface area contributed by atoms with Crippen molar-refractivity contribution in [2.75, 3.05) is 6.61 Å². The molecule has 0 bridgehead atoms. The molecule has 5 nitrogen and oxygen atoms in total. The Hall–Kier alpha value is -2.27. The standard InChI is InChI=1S/C15H14ClNO4/c1-9(18)17-13(15(19)20)8-21-14-7-6-12(16)10-4-2-3-5-11(10)14/h2-7,13H,8H2,1H3,(H,17,18)(H,19,20). The van der Waals surface area contributed by atoms with E-state index < -0.39 is 17.9 Å². The summed E-state index contributed by atoms with van der Waals surface area (Å²) in [4.78, 5) is 22.0. The number of amides is 1. The zero-order valence-corrected chi connectivity index (χ0v) is 12.1. The number of rotatable bonds is 5. The number of carbonyl (C=O) groups is 2. The second-order valence-electron chi connectivity index (χ2n) is 4.49. The number of fused-ring (bicyclic) bond motifs is 1. The summed E-state index contributed by atoms with van der Waals surface area (Å²) in [6.07, 6.45) is 0. The van der Waals surface area contributed by atoms with Crippen LogP contribution in [0.5, 0.6) is 5.75 Å². The first kappa shape index (κ1) is 15.1. The topological polar surface area (TPSA) is 75.6 Å². The van der Waals surface area contributed by atoms with Crippen LogP contribution in [-0.4, -0.2) is 29.6 Å². The zero-order valence-electron chi connectivity index (χ0n) is 11.3. The highest BCUT2D eigenvalue weighted by molar-refractivity contribution is 6.35. The molecule has 0 saturated carbocycles. The van der Waals surface area contributed by atoms with E-state index in [2.05, 4.69) is 5.32 Å². The van der Waals surface area contributed by atoms with Crippen molar-refractivity contribution in [2.45, 2.75) is 13.0 Å². The van der Waals surface area contributed by atoms with Gasteiger partial charge in [-0.3, -0.25) is 4.79 Å². The third-order valence-corrected chi connectivity index (χ3v) is 3.24. The Morgan fingerprint density at radius 2 is 1.90 bits per heavy atom.